The Morgan fingerprint density at radius 3 is 2.15 bits per heavy atom. The molecule has 4 heteroatoms. The van der Waals surface area contributed by atoms with Crippen LogP contribution < -0.4 is 0 Å². The van der Waals surface area contributed by atoms with Crippen molar-refractivity contribution in [3.8, 4) is 0 Å². The van der Waals surface area contributed by atoms with Gasteiger partial charge in [0.25, 0.3) is 0 Å². The molecule has 0 spiro atoms. The molecule has 0 amide bonds. The number of carbonyl (C=O) groups is 1. The molecular weight excluding hydrogens is 176 g/mol. The van der Waals surface area contributed by atoms with Crippen LogP contribution in [0.2, 0.25) is 0 Å². The molecule has 2 nitrogen and oxygen atoms in total. The molecule has 0 radical (unpaired) electrons. The minimum absolute atomic E-state index is 0.238. The Kier molecular flexibility index (Phi) is 2.40. The molecule has 0 aromatic carbocycles. The van der Waals surface area contributed by atoms with Crippen LogP contribution in [-0.2, 0) is 10.2 Å². The zero-order valence-electron chi connectivity index (χ0n) is 7.34. The SMILES string of the molecule is CC(C)(C=O)c1c(F)cncc1F. The smallest absolute Gasteiger partial charge is 0.148 e. The highest BCUT2D eigenvalue weighted by Gasteiger charge is 2.27. The van der Waals surface area contributed by atoms with Gasteiger partial charge in [-0.3, -0.25) is 4.98 Å². The zero-order chi connectivity index (χ0) is 10.1. The highest BCUT2D eigenvalue weighted by atomic mass is 19.1. The quantitative estimate of drug-likeness (QED) is 0.658. The fourth-order valence-corrected chi connectivity index (χ4v) is 1.09. The summed E-state index contributed by atoms with van der Waals surface area (Å²) in [4.78, 5) is 13.9. The minimum atomic E-state index is -1.16. The van der Waals surface area contributed by atoms with E-state index in [1.165, 1.54) is 13.8 Å². The molecule has 0 atom stereocenters. The van der Waals surface area contributed by atoms with E-state index >= 15 is 0 Å². The van der Waals surface area contributed by atoms with Gasteiger partial charge in [-0.1, -0.05) is 0 Å². The van der Waals surface area contributed by atoms with Gasteiger partial charge in [-0.25, -0.2) is 8.78 Å². The van der Waals surface area contributed by atoms with E-state index < -0.39 is 17.0 Å². The number of nitrogens with zero attached hydrogens (tertiary/aromatic N) is 1. The van der Waals surface area contributed by atoms with Crippen LogP contribution in [0.3, 0.4) is 0 Å². The molecule has 0 saturated heterocycles. The normalized spacial score (nSPS) is 11.4. The van der Waals surface area contributed by atoms with Gasteiger partial charge in [-0.2, -0.15) is 0 Å². The van der Waals surface area contributed by atoms with Gasteiger partial charge in [0.05, 0.1) is 17.8 Å². The Morgan fingerprint density at radius 2 is 1.77 bits per heavy atom. The van der Waals surface area contributed by atoms with Gasteiger partial charge in [-0.05, 0) is 13.8 Å². The lowest BCUT2D eigenvalue weighted by atomic mass is 9.86. The average molecular weight is 185 g/mol. The summed E-state index contributed by atoms with van der Waals surface area (Å²) in [6, 6.07) is 0. The van der Waals surface area contributed by atoms with Crippen molar-refractivity contribution >= 4 is 6.29 Å². The van der Waals surface area contributed by atoms with E-state index in [0.717, 1.165) is 12.4 Å². The van der Waals surface area contributed by atoms with Gasteiger partial charge in [0.15, 0.2) is 0 Å². The summed E-state index contributed by atoms with van der Waals surface area (Å²) in [5.41, 5.74) is -1.39. The molecule has 0 bridgehead atoms. The van der Waals surface area contributed by atoms with Crippen LogP contribution in [0.25, 0.3) is 0 Å². The van der Waals surface area contributed by atoms with E-state index in [1.54, 1.807) is 0 Å². The molecule has 0 aliphatic rings. The molecule has 0 fully saturated rings. The van der Waals surface area contributed by atoms with Crippen molar-refractivity contribution in [2.45, 2.75) is 19.3 Å². The maximum Gasteiger partial charge on any atom is 0.148 e. The Bertz CT molecular complexity index is 316. The van der Waals surface area contributed by atoms with E-state index in [9.17, 15) is 13.6 Å². The Hall–Kier alpha value is -1.32. The van der Waals surface area contributed by atoms with Gasteiger partial charge in [-0.15, -0.1) is 0 Å². The second-order valence-corrected chi connectivity index (χ2v) is 3.32. The average Bonchev–Trinajstić information content (AvgIpc) is 2.03. The maximum absolute atomic E-state index is 13.1. The van der Waals surface area contributed by atoms with E-state index in [-0.39, 0.29) is 5.56 Å². The van der Waals surface area contributed by atoms with E-state index in [0.29, 0.717) is 6.29 Å². The van der Waals surface area contributed by atoms with Crippen molar-refractivity contribution < 1.29 is 13.6 Å². The highest BCUT2D eigenvalue weighted by molar-refractivity contribution is 5.67. The van der Waals surface area contributed by atoms with Gasteiger partial charge in [0, 0.05) is 5.56 Å². The summed E-state index contributed by atoms with van der Waals surface area (Å²) in [6.45, 7) is 2.89. The van der Waals surface area contributed by atoms with Gasteiger partial charge < -0.3 is 4.79 Å². The standard InChI is InChI=1S/C9H9F2NO/c1-9(2,5-13)8-6(10)3-12-4-7(8)11/h3-5H,1-2H3. The second-order valence-electron chi connectivity index (χ2n) is 3.32. The van der Waals surface area contributed by atoms with Crippen molar-refractivity contribution in [1.82, 2.24) is 4.98 Å². The molecule has 0 aliphatic carbocycles. The first-order valence-electron chi connectivity index (χ1n) is 3.75. The molecule has 70 valence electrons. The molecule has 0 unspecified atom stereocenters. The second kappa shape index (κ2) is 3.20. The fraction of sp³-hybridized carbons (Fsp3) is 0.333. The Morgan fingerprint density at radius 1 is 1.31 bits per heavy atom. The monoisotopic (exact) mass is 185 g/mol. The molecule has 1 rings (SSSR count). The number of aldehydes is 1. The third-order valence-electron chi connectivity index (χ3n) is 1.79. The number of carbonyl (C=O) groups excluding carboxylic acids is 1. The summed E-state index contributed by atoms with van der Waals surface area (Å²) in [5, 5.41) is 0. The summed E-state index contributed by atoms with van der Waals surface area (Å²) in [5.74, 6) is -1.59. The number of halogens is 2. The first kappa shape index (κ1) is 9.77. The number of rotatable bonds is 2. The van der Waals surface area contributed by atoms with E-state index in [2.05, 4.69) is 4.98 Å². The predicted molar refractivity (Wildman–Crippen MR) is 43.2 cm³/mol. The van der Waals surface area contributed by atoms with Crippen LogP contribution in [0.4, 0.5) is 8.78 Å². The molecular formula is C9H9F2NO. The van der Waals surface area contributed by atoms with Crippen LogP contribution in [0, 0.1) is 11.6 Å². The zero-order valence-corrected chi connectivity index (χ0v) is 7.34. The third kappa shape index (κ3) is 1.71. The van der Waals surface area contributed by atoms with Crippen LogP contribution >= 0.6 is 0 Å². The van der Waals surface area contributed by atoms with E-state index in [1.807, 2.05) is 0 Å². The molecule has 1 heterocycles. The lowest BCUT2D eigenvalue weighted by Gasteiger charge is -2.18. The van der Waals surface area contributed by atoms with Crippen molar-refractivity contribution in [1.29, 1.82) is 0 Å². The first-order valence-corrected chi connectivity index (χ1v) is 3.75. The number of hydrogen-bond donors (Lipinski definition) is 0. The van der Waals surface area contributed by atoms with Crippen molar-refractivity contribution in [3.63, 3.8) is 0 Å². The highest BCUT2D eigenvalue weighted by Crippen LogP contribution is 2.25. The van der Waals surface area contributed by atoms with Gasteiger partial charge >= 0.3 is 0 Å². The molecule has 0 N–H and O–H groups in total. The van der Waals surface area contributed by atoms with Crippen molar-refractivity contribution in [2.24, 2.45) is 0 Å². The largest absolute Gasteiger partial charge is 0.302 e. The molecule has 13 heavy (non-hydrogen) atoms. The Labute approximate surface area is 74.6 Å². The molecule has 0 aliphatic heterocycles. The predicted octanol–water partition coefficient (Wildman–Crippen LogP) is 1.84. The number of pyridine rings is 1. The van der Waals surface area contributed by atoms with Crippen LogP contribution in [-0.4, -0.2) is 11.3 Å². The van der Waals surface area contributed by atoms with Crippen molar-refractivity contribution in [2.75, 3.05) is 0 Å². The third-order valence-corrected chi connectivity index (χ3v) is 1.79. The van der Waals surface area contributed by atoms with E-state index in [4.69, 9.17) is 0 Å². The number of hydrogen-bond acceptors (Lipinski definition) is 2. The summed E-state index contributed by atoms with van der Waals surface area (Å²) < 4.78 is 26.1. The van der Waals surface area contributed by atoms with Gasteiger partial charge in [0.1, 0.15) is 17.9 Å². The van der Waals surface area contributed by atoms with Crippen LogP contribution in [0.15, 0.2) is 12.4 Å². The van der Waals surface area contributed by atoms with Crippen LogP contribution in [0.5, 0.6) is 0 Å². The topological polar surface area (TPSA) is 30.0 Å². The molecule has 1 aromatic rings. The Balaban J connectivity index is 3.36. The molecule has 0 saturated carbocycles. The minimum Gasteiger partial charge on any atom is -0.302 e. The fourth-order valence-electron chi connectivity index (χ4n) is 1.09. The molecule has 1 aromatic heterocycles. The summed E-state index contributed by atoms with van der Waals surface area (Å²) in [6.07, 6.45) is 2.29. The van der Waals surface area contributed by atoms with Gasteiger partial charge in [0.2, 0.25) is 0 Å². The summed E-state index contributed by atoms with van der Waals surface area (Å²) in [7, 11) is 0. The lowest BCUT2D eigenvalue weighted by molar-refractivity contribution is -0.111. The summed E-state index contributed by atoms with van der Waals surface area (Å²) >= 11 is 0. The maximum atomic E-state index is 13.1. The van der Waals surface area contributed by atoms with Crippen LogP contribution in [0.1, 0.15) is 19.4 Å². The first-order chi connectivity index (χ1) is 5.99. The lowest BCUT2D eigenvalue weighted by Crippen LogP contribution is -2.22. The van der Waals surface area contributed by atoms with Crippen molar-refractivity contribution in [3.05, 3.63) is 29.6 Å². The number of aromatic nitrogens is 1.